The average Bonchev–Trinajstić information content (AvgIpc) is 2.53. The zero-order chi connectivity index (χ0) is 16.1. The van der Waals surface area contributed by atoms with E-state index in [0.717, 1.165) is 12.8 Å². The molecule has 0 bridgehead atoms. The zero-order valence-electron chi connectivity index (χ0n) is 13.2. The lowest BCUT2D eigenvalue weighted by Gasteiger charge is -2.32. The summed E-state index contributed by atoms with van der Waals surface area (Å²) in [4.78, 5) is 25.4. The van der Waals surface area contributed by atoms with Gasteiger partial charge in [-0.1, -0.05) is 0 Å². The predicted molar refractivity (Wildman–Crippen MR) is 82.3 cm³/mol. The second-order valence-corrected chi connectivity index (χ2v) is 5.34. The summed E-state index contributed by atoms with van der Waals surface area (Å²) in [5.74, 6) is 1.09. The van der Waals surface area contributed by atoms with Gasteiger partial charge in [0.25, 0.3) is 5.91 Å². The molecule has 1 N–H and O–H groups in total. The summed E-state index contributed by atoms with van der Waals surface area (Å²) in [6, 6.07) is 5.33. The molecule has 0 unspecified atom stereocenters. The molecule has 1 aromatic carbocycles. The summed E-state index contributed by atoms with van der Waals surface area (Å²) in [5.41, 5.74) is 0.579. The van der Waals surface area contributed by atoms with Crippen molar-refractivity contribution in [2.75, 3.05) is 27.3 Å². The van der Waals surface area contributed by atoms with Crippen molar-refractivity contribution in [2.24, 2.45) is 0 Å². The van der Waals surface area contributed by atoms with Crippen LogP contribution in [0.25, 0.3) is 0 Å². The number of amides is 2. The van der Waals surface area contributed by atoms with Gasteiger partial charge in [0, 0.05) is 31.6 Å². The molecule has 0 aromatic heterocycles. The molecule has 0 atom stereocenters. The van der Waals surface area contributed by atoms with Crippen molar-refractivity contribution < 1.29 is 19.1 Å². The number of carbonyl (C=O) groups excluding carboxylic acids is 2. The molecule has 0 spiro atoms. The van der Waals surface area contributed by atoms with E-state index in [9.17, 15) is 9.59 Å². The molecule has 1 aliphatic heterocycles. The van der Waals surface area contributed by atoms with Crippen LogP contribution in [0.1, 0.15) is 30.1 Å². The summed E-state index contributed by atoms with van der Waals surface area (Å²) >= 11 is 0. The standard InChI is InChI=1S/C16H22N2O4/c1-11(19)17-13-6-8-18(9-7-13)16(20)12-4-5-14(21-2)15(10-12)22-3/h4-5,10,13H,6-9H2,1-3H3,(H,17,19). The highest BCUT2D eigenvalue weighted by Crippen LogP contribution is 2.28. The number of likely N-dealkylation sites (tertiary alicyclic amines) is 1. The van der Waals surface area contributed by atoms with Crippen molar-refractivity contribution in [1.82, 2.24) is 10.2 Å². The Morgan fingerprint density at radius 2 is 1.77 bits per heavy atom. The van der Waals surface area contributed by atoms with E-state index >= 15 is 0 Å². The fraction of sp³-hybridized carbons (Fsp3) is 0.500. The minimum atomic E-state index is -0.0257. The van der Waals surface area contributed by atoms with E-state index in [1.807, 2.05) is 0 Å². The van der Waals surface area contributed by atoms with E-state index in [0.29, 0.717) is 30.2 Å². The lowest BCUT2D eigenvalue weighted by molar-refractivity contribution is -0.119. The third-order valence-corrected chi connectivity index (χ3v) is 3.82. The Kier molecular flexibility index (Phi) is 5.25. The summed E-state index contributed by atoms with van der Waals surface area (Å²) in [6.45, 7) is 2.79. The molecule has 1 aliphatic rings. The largest absolute Gasteiger partial charge is 0.493 e. The van der Waals surface area contributed by atoms with Crippen LogP contribution in [-0.2, 0) is 4.79 Å². The van der Waals surface area contributed by atoms with Crippen LogP contribution in [0.3, 0.4) is 0 Å². The normalized spacial score (nSPS) is 15.3. The van der Waals surface area contributed by atoms with Crippen LogP contribution in [0.2, 0.25) is 0 Å². The number of piperidine rings is 1. The van der Waals surface area contributed by atoms with Crippen LogP contribution in [-0.4, -0.2) is 50.1 Å². The number of ether oxygens (including phenoxy) is 2. The molecule has 120 valence electrons. The van der Waals surface area contributed by atoms with Crippen LogP contribution < -0.4 is 14.8 Å². The van der Waals surface area contributed by atoms with E-state index in [1.165, 1.54) is 6.92 Å². The summed E-state index contributed by atoms with van der Waals surface area (Å²) < 4.78 is 10.4. The molecule has 0 radical (unpaired) electrons. The number of rotatable bonds is 4. The third kappa shape index (κ3) is 3.69. The minimum absolute atomic E-state index is 0.0235. The van der Waals surface area contributed by atoms with Crippen LogP contribution in [0.15, 0.2) is 18.2 Å². The van der Waals surface area contributed by atoms with Gasteiger partial charge in [-0.2, -0.15) is 0 Å². The number of benzene rings is 1. The zero-order valence-corrected chi connectivity index (χ0v) is 13.2. The monoisotopic (exact) mass is 306 g/mol. The van der Waals surface area contributed by atoms with Crippen molar-refractivity contribution in [3.05, 3.63) is 23.8 Å². The van der Waals surface area contributed by atoms with Crippen LogP contribution >= 0.6 is 0 Å². The Morgan fingerprint density at radius 3 is 2.32 bits per heavy atom. The van der Waals surface area contributed by atoms with Crippen LogP contribution in [0.5, 0.6) is 11.5 Å². The lowest BCUT2D eigenvalue weighted by atomic mass is 10.0. The fourth-order valence-electron chi connectivity index (χ4n) is 2.67. The fourth-order valence-corrected chi connectivity index (χ4v) is 2.67. The molecule has 1 aromatic rings. The Hall–Kier alpha value is -2.24. The Morgan fingerprint density at radius 1 is 1.14 bits per heavy atom. The molecule has 0 saturated carbocycles. The van der Waals surface area contributed by atoms with Gasteiger partial charge < -0.3 is 19.7 Å². The second-order valence-electron chi connectivity index (χ2n) is 5.34. The Bertz CT molecular complexity index is 551. The lowest BCUT2D eigenvalue weighted by Crippen LogP contribution is -2.46. The van der Waals surface area contributed by atoms with Crippen molar-refractivity contribution in [2.45, 2.75) is 25.8 Å². The number of carbonyl (C=O) groups is 2. The molecule has 2 amide bonds. The first kappa shape index (κ1) is 16.1. The smallest absolute Gasteiger partial charge is 0.253 e. The van der Waals surface area contributed by atoms with Gasteiger partial charge in [0.15, 0.2) is 11.5 Å². The highest BCUT2D eigenvalue weighted by molar-refractivity contribution is 5.95. The number of hydrogen-bond donors (Lipinski definition) is 1. The SMILES string of the molecule is COc1ccc(C(=O)N2CCC(NC(C)=O)CC2)cc1OC. The molecule has 1 saturated heterocycles. The third-order valence-electron chi connectivity index (χ3n) is 3.82. The molecular weight excluding hydrogens is 284 g/mol. The Labute approximate surface area is 130 Å². The molecule has 1 heterocycles. The second kappa shape index (κ2) is 7.15. The first-order valence-electron chi connectivity index (χ1n) is 7.33. The summed E-state index contributed by atoms with van der Waals surface area (Å²) in [6.07, 6.45) is 1.55. The van der Waals surface area contributed by atoms with Gasteiger partial charge in [0.2, 0.25) is 5.91 Å². The Balaban J connectivity index is 2.02. The first-order valence-corrected chi connectivity index (χ1v) is 7.33. The summed E-state index contributed by atoms with van der Waals surface area (Å²) in [5, 5.41) is 2.90. The predicted octanol–water partition coefficient (Wildman–Crippen LogP) is 1.44. The molecule has 22 heavy (non-hydrogen) atoms. The van der Waals surface area contributed by atoms with E-state index in [1.54, 1.807) is 37.3 Å². The maximum atomic E-state index is 12.5. The highest BCUT2D eigenvalue weighted by atomic mass is 16.5. The number of nitrogens with zero attached hydrogens (tertiary/aromatic N) is 1. The van der Waals surface area contributed by atoms with Gasteiger partial charge in [0.1, 0.15) is 0 Å². The van der Waals surface area contributed by atoms with Crippen molar-refractivity contribution in [3.8, 4) is 11.5 Å². The molecule has 6 heteroatoms. The number of methoxy groups -OCH3 is 2. The van der Waals surface area contributed by atoms with Gasteiger partial charge in [-0.15, -0.1) is 0 Å². The van der Waals surface area contributed by atoms with Crippen LogP contribution in [0.4, 0.5) is 0 Å². The van der Waals surface area contributed by atoms with E-state index in [4.69, 9.17) is 9.47 Å². The highest BCUT2D eigenvalue weighted by Gasteiger charge is 2.24. The van der Waals surface area contributed by atoms with Gasteiger partial charge in [-0.05, 0) is 31.0 Å². The average molecular weight is 306 g/mol. The molecule has 1 fully saturated rings. The van der Waals surface area contributed by atoms with Gasteiger partial charge >= 0.3 is 0 Å². The maximum absolute atomic E-state index is 12.5. The van der Waals surface area contributed by atoms with Crippen molar-refractivity contribution in [3.63, 3.8) is 0 Å². The first-order chi connectivity index (χ1) is 10.5. The van der Waals surface area contributed by atoms with E-state index in [2.05, 4.69) is 5.32 Å². The van der Waals surface area contributed by atoms with E-state index in [-0.39, 0.29) is 17.9 Å². The van der Waals surface area contributed by atoms with E-state index < -0.39 is 0 Å². The number of nitrogens with one attached hydrogen (secondary N) is 1. The van der Waals surface area contributed by atoms with Crippen molar-refractivity contribution in [1.29, 1.82) is 0 Å². The molecule has 2 rings (SSSR count). The molecular formula is C16H22N2O4. The van der Waals surface area contributed by atoms with Crippen LogP contribution in [0, 0.1) is 0 Å². The number of hydrogen-bond acceptors (Lipinski definition) is 4. The maximum Gasteiger partial charge on any atom is 0.253 e. The van der Waals surface area contributed by atoms with Crippen molar-refractivity contribution >= 4 is 11.8 Å². The molecule has 6 nitrogen and oxygen atoms in total. The molecule has 0 aliphatic carbocycles. The quantitative estimate of drug-likeness (QED) is 0.914. The topological polar surface area (TPSA) is 67.9 Å². The van der Waals surface area contributed by atoms with Gasteiger partial charge in [-0.25, -0.2) is 0 Å². The van der Waals surface area contributed by atoms with Gasteiger partial charge in [-0.3, -0.25) is 9.59 Å². The summed E-state index contributed by atoms with van der Waals surface area (Å²) in [7, 11) is 3.11. The van der Waals surface area contributed by atoms with Gasteiger partial charge in [0.05, 0.1) is 14.2 Å². The minimum Gasteiger partial charge on any atom is -0.493 e.